The molecule has 1 aliphatic rings. The molecule has 2 amide bonds. The van der Waals surface area contributed by atoms with Gasteiger partial charge in [0, 0.05) is 23.3 Å². The quantitative estimate of drug-likeness (QED) is 0.892. The first-order valence-corrected chi connectivity index (χ1v) is 8.24. The molecule has 2 aromatic carbocycles. The number of carbonyl (C=O) groups is 2. The van der Waals surface area contributed by atoms with Gasteiger partial charge in [-0.2, -0.15) is 0 Å². The molecule has 0 fully saturated rings. The molecule has 0 saturated heterocycles. The van der Waals surface area contributed by atoms with E-state index in [0.717, 1.165) is 0 Å². The van der Waals surface area contributed by atoms with Gasteiger partial charge in [-0.25, -0.2) is 4.39 Å². The van der Waals surface area contributed by atoms with Crippen LogP contribution in [0.3, 0.4) is 0 Å². The van der Waals surface area contributed by atoms with Crippen molar-refractivity contribution in [1.82, 2.24) is 4.90 Å². The Labute approximate surface area is 155 Å². The monoisotopic (exact) mass is 374 g/mol. The number of halogens is 2. The fourth-order valence-corrected chi connectivity index (χ4v) is 2.75. The second kappa shape index (κ2) is 7.58. The Morgan fingerprint density at radius 2 is 2.08 bits per heavy atom. The first-order chi connectivity index (χ1) is 12.4. The van der Waals surface area contributed by atoms with Gasteiger partial charge in [0.2, 0.25) is 5.91 Å². The molecule has 5 nitrogen and oxygen atoms in total. The normalized spacial score (nSPS) is 12.5. The van der Waals surface area contributed by atoms with Crippen LogP contribution in [0.1, 0.15) is 5.56 Å². The van der Waals surface area contributed by atoms with Crippen LogP contribution in [0.25, 0.3) is 6.08 Å². The van der Waals surface area contributed by atoms with Crippen LogP contribution < -0.4 is 10.1 Å². The molecule has 0 atom stereocenters. The second-order valence-corrected chi connectivity index (χ2v) is 6.30. The van der Waals surface area contributed by atoms with Crippen molar-refractivity contribution in [2.45, 2.75) is 0 Å². The molecule has 26 heavy (non-hydrogen) atoms. The number of likely N-dealkylation sites (N-methyl/N-ethyl adjacent to an activating group) is 1. The average Bonchev–Trinajstić information content (AvgIpc) is 2.60. The van der Waals surface area contributed by atoms with Gasteiger partial charge in [0.1, 0.15) is 18.2 Å². The van der Waals surface area contributed by atoms with E-state index >= 15 is 0 Å². The molecule has 1 heterocycles. The van der Waals surface area contributed by atoms with Gasteiger partial charge in [-0.05, 0) is 42.5 Å². The lowest BCUT2D eigenvalue weighted by Gasteiger charge is -2.22. The highest BCUT2D eigenvalue weighted by atomic mass is 35.5. The summed E-state index contributed by atoms with van der Waals surface area (Å²) in [4.78, 5) is 25.9. The molecule has 0 radical (unpaired) electrons. The van der Waals surface area contributed by atoms with Gasteiger partial charge in [0.05, 0.1) is 12.1 Å². The first kappa shape index (κ1) is 17.9. The summed E-state index contributed by atoms with van der Waals surface area (Å²) in [5.41, 5.74) is 1.46. The number of amides is 2. The van der Waals surface area contributed by atoms with E-state index in [-0.39, 0.29) is 19.1 Å². The summed E-state index contributed by atoms with van der Waals surface area (Å²) in [7, 11) is 1.52. The predicted molar refractivity (Wildman–Crippen MR) is 97.6 cm³/mol. The molecule has 0 bridgehead atoms. The van der Waals surface area contributed by atoms with Crippen molar-refractivity contribution in [2.24, 2.45) is 0 Å². The van der Waals surface area contributed by atoms with Crippen LogP contribution >= 0.6 is 11.6 Å². The minimum Gasteiger partial charge on any atom is -0.488 e. The van der Waals surface area contributed by atoms with E-state index in [4.69, 9.17) is 16.3 Å². The van der Waals surface area contributed by atoms with Gasteiger partial charge in [-0.1, -0.05) is 17.7 Å². The van der Waals surface area contributed by atoms with Crippen LogP contribution in [0.2, 0.25) is 5.02 Å². The number of carbonyl (C=O) groups excluding carboxylic acids is 2. The number of nitrogens with zero attached hydrogens (tertiary/aromatic N) is 1. The van der Waals surface area contributed by atoms with Crippen molar-refractivity contribution >= 4 is 35.2 Å². The molecule has 0 spiro atoms. The van der Waals surface area contributed by atoms with Gasteiger partial charge in [-0.15, -0.1) is 0 Å². The van der Waals surface area contributed by atoms with E-state index in [2.05, 4.69) is 5.32 Å². The molecule has 1 aliphatic heterocycles. The lowest BCUT2D eigenvalue weighted by Crippen LogP contribution is -2.37. The average molecular weight is 375 g/mol. The van der Waals surface area contributed by atoms with Crippen LogP contribution in [-0.2, 0) is 9.59 Å². The van der Waals surface area contributed by atoms with Gasteiger partial charge < -0.3 is 15.0 Å². The molecule has 0 saturated carbocycles. The van der Waals surface area contributed by atoms with Crippen molar-refractivity contribution in [2.75, 3.05) is 25.5 Å². The summed E-state index contributed by atoms with van der Waals surface area (Å²) in [6.07, 6.45) is 1.70. The van der Waals surface area contributed by atoms with Crippen LogP contribution in [0.5, 0.6) is 5.75 Å². The minimum absolute atomic E-state index is 0.114. The van der Waals surface area contributed by atoms with E-state index in [1.165, 1.54) is 30.1 Å². The van der Waals surface area contributed by atoms with Crippen LogP contribution in [0.15, 0.2) is 48.0 Å². The lowest BCUT2D eigenvalue weighted by atomic mass is 10.1. The summed E-state index contributed by atoms with van der Waals surface area (Å²) >= 11 is 5.96. The molecule has 7 heteroatoms. The van der Waals surface area contributed by atoms with E-state index in [1.54, 1.807) is 30.3 Å². The molecule has 0 aliphatic carbocycles. The molecule has 0 unspecified atom stereocenters. The first-order valence-electron chi connectivity index (χ1n) is 7.86. The van der Waals surface area contributed by atoms with Crippen molar-refractivity contribution in [1.29, 1.82) is 0 Å². The number of benzene rings is 2. The zero-order valence-electron chi connectivity index (χ0n) is 14.0. The minimum atomic E-state index is -0.450. The third-order valence-electron chi connectivity index (χ3n) is 3.80. The van der Waals surface area contributed by atoms with Gasteiger partial charge in [-0.3, -0.25) is 9.59 Å². The maximum Gasteiger partial charge on any atom is 0.253 e. The number of nitrogens with one attached hydrogen (secondary N) is 1. The number of ether oxygens (including phenoxy) is 1. The number of rotatable bonds is 4. The van der Waals surface area contributed by atoms with E-state index in [9.17, 15) is 14.0 Å². The van der Waals surface area contributed by atoms with E-state index < -0.39 is 11.7 Å². The smallest absolute Gasteiger partial charge is 0.253 e. The SMILES string of the molecule is CN(CC(=O)Nc1cccc(F)c1)C(=O)C1=Cc2cc(Cl)ccc2OC1. The summed E-state index contributed by atoms with van der Waals surface area (Å²) in [5.74, 6) is -0.552. The Bertz CT molecular complexity index is 898. The highest BCUT2D eigenvalue weighted by molar-refractivity contribution is 6.30. The Morgan fingerprint density at radius 3 is 2.85 bits per heavy atom. The van der Waals surface area contributed by atoms with Crippen molar-refractivity contribution in [3.8, 4) is 5.75 Å². The fraction of sp³-hybridized carbons (Fsp3) is 0.158. The molecule has 3 rings (SSSR count). The molecule has 2 aromatic rings. The zero-order valence-corrected chi connectivity index (χ0v) is 14.7. The van der Waals surface area contributed by atoms with Crippen molar-refractivity contribution in [3.63, 3.8) is 0 Å². The van der Waals surface area contributed by atoms with Crippen LogP contribution in [-0.4, -0.2) is 36.9 Å². The topological polar surface area (TPSA) is 58.6 Å². The summed E-state index contributed by atoms with van der Waals surface area (Å²) in [5, 5.41) is 3.10. The van der Waals surface area contributed by atoms with Crippen LogP contribution in [0.4, 0.5) is 10.1 Å². The highest BCUT2D eigenvalue weighted by Gasteiger charge is 2.22. The number of fused-ring (bicyclic) bond motifs is 1. The predicted octanol–water partition coefficient (Wildman–Crippen LogP) is 3.35. The third-order valence-corrected chi connectivity index (χ3v) is 4.03. The summed E-state index contributed by atoms with van der Waals surface area (Å²) in [6, 6.07) is 10.7. The standard InChI is InChI=1S/C19H16ClFN2O3/c1-23(10-18(24)22-16-4-2-3-15(21)9-16)19(25)13-7-12-8-14(20)5-6-17(12)26-11-13/h2-9H,10-11H2,1H3,(H,22,24). The van der Waals surface area contributed by atoms with Crippen molar-refractivity contribution in [3.05, 3.63) is 64.4 Å². The number of anilines is 1. The van der Waals surface area contributed by atoms with Gasteiger partial charge in [0.15, 0.2) is 0 Å². The maximum atomic E-state index is 13.2. The molecule has 0 aromatic heterocycles. The Kier molecular flexibility index (Phi) is 5.23. The lowest BCUT2D eigenvalue weighted by molar-refractivity contribution is -0.130. The zero-order chi connectivity index (χ0) is 18.7. The van der Waals surface area contributed by atoms with E-state index in [1.807, 2.05) is 0 Å². The van der Waals surface area contributed by atoms with E-state index in [0.29, 0.717) is 27.6 Å². The highest BCUT2D eigenvalue weighted by Crippen LogP contribution is 2.29. The molecule has 1 N–H and O–H groups in total. The maximum absolute atomic E-state index is 13.2. The van der Waals surface area contributed by atoms with Crippen LogP contribution in [0, 0.1) is 5.82 Å². The van der Waals surface area contributed by atoms with Gasteiger partial charge >= 0.3 is 0 Å². The summed E-state index contributed by atoms with van der Waals surface area (Å²) in [6.45, 7) is -0.0571. The molecular weight excluding hydrogens is 359 g/mol. The number of hydrogen-bond acceptors (Lipinski definition) is 3. The molecular formula is C19H16ClFN2O3. The Balaban J connectivity index is 1.65. The third kappa shape index (κ3) is 4.21. The van der Waals surface area contributed by atoms with Gasteiger partial charge in [0.25, 0.3) is 5.91 Å². The van der Waals surface area contributed by atoms with Crippen molar-refractivity contribution < 1.29 is 18.7 Å². The number of hydrogen-bond donors (Lipinski definition) is 1. The largest absolute Gasteiger partial charge is 0.488 e. The fourth-order valence-electron chi connectivity index (χ4n) is 2.57. The Morgan fingerprint density at radius 1 is 1.27 bits per heavy atom. The summed E-state index contributed by atoms with van der Waals surface area (Å²) < 4.78 is 18.7. The molecule has 134 valence electrons. The Hall–Kier alpha value is -2.86. The second-order valence-electron chi connectivity index (χ2n) is 5.86.